The van der Waals surface area contributed by atoms with E-state index in [0.29, 0.717) is 18.5 Å². The Hall–Kier alpha value is -1.07. The van der Waals surface area contributed by atoms with Gasteiger partial charge in [0.25, 0.3) is 0 Å². The van der Waals surface area contributed by atoms with Gasteiger partial charge in [0.1, 0.15) is 0 Å². The minimum absolute atomic E-state index is 0.326. The second-order valence-corrected chi connectivity index (χ2v) is 4.02. The topological polar surface area (TPSA) is 62.4 Å². The molecule has 0 fully saturated rings. The predicted octanol–water partition coefficient (Wildman–Crippen LogP) is 1.07. The molecule has 1 rings (SSSR count). The fourth-order valence-corrected chi connectivity index (χ4v) is 1.62. The van der Waals surface area contributed by atoms with Crippen LogP contribution in [0.15, 0.2) is 21.8 Å². The summed E-state index contributed by atoms with van der Waals surface area (Å²) in [5.74, 6) is 5.95. The molecule has 0 aliphatic rings. The first-order valence-electron chi connectivity index (χ1n) is 4.51. The average molecular weight is 212 g/mol. The molecule has 78 valence electrons. The molecule has 0 aliphatic heterocycles. The van der Waals surface area contributed by atoms with Crippen molar-refractivity contribution in [3.63, 3.8) is 0 Å². The lowest BCUT2D eigenvalue weighted by Gasteiger charge is -2.11. The average Bonchev–Trinajstić information content (AvgIpc) is 2.64. The molecule has 1 aromatic heterocycles. The van der Waals surface area contributed by atoms with Crippen molar-refractivity contribution in [1.29, 1.82) is 0 Å². The van der Waals surface area contributed by atoms with Crippen molar-refractivity contribution >= 4 is 17.3 Å². The first-order chi connectivity index (χ1) is 6.72. The van der Waals surface area contributed by atoms with Crippen LogP contribution in [0.4, 0.5) is 0 Å². The molecule has 0 saturated heterocycles. The molecule has 0 spiro atoms. The number of hydrazine groups is 1. The van der Waals surface area contributed by atoms with Crippen LogP contribution in [-0.2, 0) is 6.54 Å². The second kappa shape index (κ2) is 5.62. The van der Waals surface area contributed by atoms with E-state index in [-0.39, 0.29) is 0 Å². The minimum Gasteiger partial charge on any atom is -0.353 e. The molecule has 4 nitrogen and oxygen atoms in total. The maximum absolute atomic E-state index is 5.32. The van der Waals surface area contributed by atoms with E-state index in [2.05, 4.69) is 27.2 Å². The highest BCUT2D eigenvalue weighted by atomic mass is 32.1. The van der Waals surface area contributed by atoms with Crippen molar-refractivity contribution in [3.05, 3.63) is 22.4 Å². The molecule has 0 bridgehead atoms. The Morgan fingerprint density at radius 1 is 1.64 bits per heavy atom. The Balaban J connectivity index is 2.48. The van der Waals surface area contributed by atoms with E-state index in [1.807, 2.05) is 19.2 Å². The number of rotatable bonds is 3. The van der Waals surface area contributed by atoms with Gasteiger partial charge in [-0.1, -0.05) is 0 Å². The van der Waals surface area contributed by atoms with Gasteiger partial charge in [0.2, 0.25) is 5.96 Å². The summed E-state index contributed by atoms with van der Waals surface area (Å²) < 4.78 is 0. The number of nitrogens with two attached hydrogens (primary N) is 1. The van der Waals surface area contributed by atoms with E-state index in [1.54, 1.807) is 11.3 Å². The fourth-order valence-electron chi connectivity index (χ4n) is 0.959. The standard InChI is InChI=1S/C9H16N4S/c1-7(2)12-9(13-10)11-5-8-3-4-14-6-8/h3-4,6-7H,5,10H2,1-2H3,(H2,11,12,13). The van der Waals surface area contributed by atoms with Crippen LogP contribution in [0, 0.1) is 0 Å². The normalized spacial score (nSPS) is 11.9. The fraction of sp³-hybridized carbons (Fsp3) is 0.444. The molecule has 0 atom stereocenters. The van der Waals surface area contributed by atoms with Gasteiger partial charge in [0.15, 0.2) is 0 Å². The number of aliphatic imine (C=N–C) groups is 1. The van der Waals surface area contributed by atoms with Crippen molar-refractivity contribution in [3.8, 4) is 0 Å². The summed E-state index contributed by atoms with van der Waals surface area (Å²) >= 11 is 1.67. The van der Waals surface area contributed by atoms with E-state index in [1.165, 1.54) is 5.56 Å². The molecule has 1 aromatic rings. The number of hydrogen-bond acceptors (Lipinski definition) is 3. The Morgan fingerprint density at radius 3 is 2.93 bits per heavy atom. The molecule has 1 heterocycles. The number of nitrogens with one attached hydrogen (secondary N) is 2. The zero-order chi connectivity index (χ0) is 10.4. The lowest BCUT2D eigenvalue weighted by Crippen LogP contribution is -2.44. The van der Waals surface area contributed by atoms with Crippen LogP contribution < -0.4 is 16.6 Å². The van der Waals surface area contributed by atoms with Crippen molar-refractivity contribution in [2.75, 3.05) is 0 Å². The van der Waals surface area contributed by atoms with E-state index >= 15 is 0 Å². The van der Waals surface area contributed by atoms with Crippen molar-refractivity contribution in [1.82, 2.24) is 10.7 Å². The van der Waals surface area contributed by atoms with Crippen LogP contribution in [0.5, 0.6) is 0 Å². The van der Waals surface area contributed by atoms with E-state index in [9.17, 15) is 0 Å². The zero-order valence-electron chi connectivity index (χ0n) is 8.45. The minimum atomic E-state index is 0.326. The molecule has 0 saturated carbocycles. The highest BCUT2D eigenvalue weighted by Crippen LogP contribution is 2.06. The van der Waals surface area contributed by atoms with Gasteiger partial charge in [-0.3, -0.25) is 5.43 Å². The summed E-state index contributed by atoms with van der Waals surface area (Å²) in [7, 11) is 0. The Labute approximate surface area is 88.2 Å². The van der Waals surface area contributed by atoms with Crippen LogP contribution in [0.25, 0.3) is 0 Å². The molecule has 5 heteroatoms. The largest absolute Gasteiger partial charge is 0.353 e. The monoisotopic (exact) mass is 212 g/mol. The molecule has 0 radical (unpaired) electrons. The van der Waals surface area contributed by atoms with Gasteiger partial charge in [0.05, 0.1) is 6.54 Å². The van der Waals surface area contributed by atoms with Gasteiger partial charge < -0.3 is 5.32 Å². The van der Waals surface area contributed by atoms with Gasteiger partial charge in [0, 0.05) is 6.04 Å². The third-order valence-corrected chi connectivity index (χ3v) is 2.29. The molecule has 0 aliphatic carbocycles. The second-order valence-electron chi connectivity index (χ2n) is 3.24. The zero-order valence-corrected chi connectivity index (χ0v) is 9.27. The molecule has 0 unspecified atom stereocenters. The molecule has 0 amide bonds. The SMILES string of the molecule is CC(C)NC(=NCc1ccsc1)NN. The highest BCUT2D eigenvalue weighted by molar-refractivity contribution is 7.07. The van der Waals surface area contributed by atoms with Gasteiger partial charge in [-0.2, -0.15) is 11.3 Å². The van der Waals surface area contributed by atoms with Crippen LogP contribution in [-0.4, -0.2) is 12.0 Å². The first kappa shape index (κ1) is 11.0. The smallest absolute Gasteiger partial charge is 0.206 e. The van der Waals surface area contributed by atoms with Crippen LogP contribution in [0.3, 0.4) is 0 Å². The molecule has 4 N–H and O–H groups in total. The predicted molar refractivity (Wildman–Crippen MR) is 61.1 cm³/mol. The number of nitrogens with zero attached hydrogens (tertiary/aromatic N) is 1. The molecular weight excluding hydrogens is 196 g/mol. The first-order valence-corrected chi connectivity index (χ1v) is 5.45. The van der Waals surface area contributed by atoms with E-state index < -0.39 is 0 Å². The molecule has 14 heavy (non-hydrogen) atoms. The Kier molecular flexibility index (Phi) is 4.42. The summed E-state index contributed by atoms with van der Waals surface area (Å²) in [6.07, 6.45) is 0. The number of hydrogen-bond donors (Lipinski definition) is 3. The molecule has 0 aromatic carbocycles. The highest BCUT2D eigenvalue weighted by Gasteiger charge is 1.98. The van der Waals surface area contributed by atoms with Crippen molar-refractivity contribution < 1.29 is 0 Å². The summed E-state index contributed by atoms with van der Waals surface area (Å²) in [5, 5.41) is 7.22. The summed E-state index contributed by atoms with van der Waals surface area (Å²) in [5.41, 5.74) is 3.74. The Bertz CT molecular complexity index is 279. The van der Waals surface area contributed by atoms with Crippen molar-refractivity contribution in [2.24, 2.45) is 10.8 Å². The summed E-state index contributed by atoms with van der Waals surface area (Å²) in [4.78, 5) is 4.30. The quantitative estimate of drug-likeness (QED) is 0.304. The lowest BCUT2D eigenvalue weighted by molar-refractivity contribution is 0.702. The van der Waals surface area contributed by atoms with Gasteiger partial charge in [-0.25, -0.2) is 10.8 Å². The maximum Gasteiger partial charge on any atom is 0.206 e. The summed E-state index contributed by atoms with van der Waals surface area (Å²) in [6, 6.07) is 2.38. The van der Waals surface area contributed by atoms with E-state index in [0.717, 1.165) is 0 Å². The van der Waals surface area contributed by atoms with E-state index in [4.69, 9.17) is 5.84 Å². The number of guanidine groups is 1. The third kappa shape index (κ3) is 3.76. The van der Waals surface area contributed by atoms with Crippen LogP contribution >= 0.6 is 11.3 Å². The third-order valence-electron chi connectivity index (χ3n) is 1.56. The van der Waals surface area contributed by atoms with Crippen LogP contribution in [0.1, 0.15) is 19.4 Å². The summed E-state index contributed by atoms with van der Waals surface area (Å²) in [6.45, 7) is 4.73. The molecular formula is C9H16N4S. The van der Waals surface area contributed by atoms with Gasteiger partial charge in [-0.05, 0) is 36.2 Å². The van der Waals surface area contributed by atoms with Crippen LogP contribution in [0.2, 0.25) is 0 Å². The number of thiophene rings is 1. The maximum atomic E-state index is 5.32. The van der Waals surface area contributed by atoms with Crippen molar-refractivity contribution in [2.45, 2.75) is 26.4 Å². The van der Waals surface area contributed by atoms with Gasteiger partial charge in [-0.15, -0.1) is 0 Å². The van der Waals surface area contributed by atoms with Gasteiger partial charge >= 0.3 is 0 Å². The Morgan fingerprint density at radius 2 is 2.43 bits per heavy atom. The lowest BCUT2D eigenvalue weighted by atomic mass is 10.3.